The number of benzene rings is 2. The number of carbonyl (C=O) groups is 2. The number of sulfone groups is 1. The molecule has 1 heterocycles. The molecule has 1 aliphatic heterocycles. The van der Waals surface area contributed by atoms with Crippen molar-refractivity contribution >= 4 is 33.4 Å². The summed E-state index contributed by atoms with van der Waals surface area (Å²) in [4.78, 5) is 24.8. The summed E-state index contributed by atoms with van der Waals surface area (Å²) >= 11 is 0. The summed E-state index contributed by atoms with van der Waals surface area (Å²) < 4.78 is 33.4. The number of methoxy groups -OCH3 is 1. The van der Waals surface area contributed by atoms with Crippen LogP contribution in [0.25, 0.3) is 11.6 Å². The largest absolute Gasteiger partial charge is 0.497 e. The van der Waals surface area contributed by atoms with Crippen molar-refractivity contribution in [2.24, 2.45) is 0 Å². The fraction of sp³-hybridized carbons (Fsp3) is 0.273. The van der Waals surface area contributed by atoms with Crippen LogP contribution in [0, 0.1) is 0 Å². The van der Waals surface area contributed by atoms with Crippen molar-refractivity contribution in [2.75, 3.05) is 25.2 Å². The van der Waals surface area contributed by atoms with E-state index in [-0.39, 0.29) is 11.5 Å². The lowest BCUT2D eigenvalue weighted by Gasteiger charge is -2.12. The zero-order chi connectivity index (χ0) is 21.6. The van der Waals surface area contributed by atoms with Crippen molar-refractivity contribution in [3.05, 3.63) is 65.7 Å². The Morgan fingerprint density at radius 2 is 1.90 bits per heavy atom. The smallest absolute Gasteiger partial charge is 0.339 e. The van der Waals surface area contributed by atoms with Gasteiger partial charge in [-0.3, -0.25) is 4.79 Å². The highest BCUT2D eigenvalue weighted by Crippen LogP contribution is 2.22. The van der Waals surface area contributed by atoms with Crippen molar-refractivity contribution in [1.29, 1.82) is 0 Å². The van der Waals surface area contributed by atoms with E-state index in [0.29, 0.717) is 23.3 Å². The second kappa shape index (κ2) is 9.58. The number of amides is 1. The monoisotopic (exact) mass is 429 g/mol. The molecule has 1 saturated heterocycles. The maximum atomic E-state index is 12.7. The summed E-state index contributed by atoms with van der Waals surface area (Å²) in [5, 5.41) is 2.60. The lowest BCUT2D eigenvalue weighted by atomic mass is 10.0. The Bertz CT molecular complexity index is 1050. The van der Waals surface area contributed by atoms with Crippen molar-refractivity contribution in [3.63, 3.8) is 0 Å². The highest BCUT2D eigenvalue weighted by atomic mass is 32.2. The second-order valence-electron chi connectivity index (χ2n) is 6.94. The van der Waals surface area contributed by atoms with E-state index in [0.717, 1.165) is 5.56 Å². The average Bonchev–Trinajstić information content (AvgIpc) is 3.09. The first-order chi connectivity index (χ1) is 14.4. The van der Waals surface area contributed by atoms with Gasteiger partial charge in [-0.25, -0.2) is 13.2 Å². The van der Waals surface area contributed by atoms with Crippen LogP contribution in [0.2, 0.25) is 0 Å². The molecule has 158 valence electrons. The van der Waals surface area contributed by atoms with Gasteiger partial charge in [-0.15, -0.1) is 0 Å². The third-order valence-electron chi connectivity index (χ3n) is 4.64. The number of hydrogen-bond donors (Lipinski definition) is 1. The first kappa shape index (κ1) is 21.6. The molecule has 1 aliphatic rings. The fourth-order valence-corrected chi connectivity index (χ4v) is 4.84. The van der Waals surface area contributed by atoms with E-state index in [1.54, 1.807) is 49.6 Å². The fourth-order valence-electron chi connectivity index (χ4n) is 3.16. The molecule has 1 atom stereocenters. The standard InChI is InChI=1S/C22H23NO6S/c1-28-19-9-5-6-16(12-19)13-20(17-7-3-2-4-8-17)22(25)29-14-21(24)23-18-10-11-30(26,27)15-18/h2-9,12-13,18H,10-11,14-15H2,1H3,(H,23,24)/b20-13-/t18-/m1/s1. The van der Waals surface area contributed by atoms with E-state index in [4.69, 9.17) is 9.47 Å². The molecule has 1 fully saturated rings. The van der Waals surface area contributed by atoms with E-state index in [2.05, 4.69) is 5.32 Å². The van der Waals surface area contributed by atoms with Gasteiger partial charge in [0, 0.05) is 6.04 Å². The van der Waals surface area contributed by atoms with Gasteiger partial charge in [0.05, 0.1) is 24.2 Å². The van der Waals surface area contributed by atoms with E-state index < -0.39 is 34.4 Å². The third-order valence-corrected chi connectivity index (χ3v) is 6.41. The van der Waals surface area contributed by atoms with Crippen LogP contribution < -0.4 is 10.1 Å². The quantitative estimate of drug-likeness (QED) is 0.411. The predicted molar refractivity (Wildman–Crippen MR) is 113 cm³/mol. The van der Waals surface area contributed by atoms with Gasteiger partial charge in [0.15, 0.2) is 16.4 Å². The summed E-state index contributed by atoms with van der Waals surface area (Å²) in [6.45, 7) is -0.488. The Morgan fingerprint density at radius 1 is 1.13 bits per heavy atom. The molecule has 30 heavy (non-hydrogen) atoms. The summed E-state index contributed by atoms with van der Waals surface area (Å²) in [5.74, 6) is -0.565. The predicted octanol–water partition coefficient (Wildman–Crippen LogP) is 2.08. The molecular weight excluding hydrogens is 406 g/mol. The zero-order valence-corrected chi connectivity index (χ0v) is 17.4. The Kier molecular flexibility index (Phi) is 6.89. The molecule has 2 aromatic rings. The Balaban J connectivity index is 1.71. The Morgan fingerprint density at radius 3 is 2.57 bits per heavy atom. The van der Waals surface area contributed by atoms with Crippen LogP contribution in [0.1, 0.15) is 17.5 Å². The molecule has 3 rings (SSSR count). The summed E-state index contributed by atoms with van der Waals surface area (Å²) in [6, 6.07) is 15.8. The maximum absolute atomic E-state index is 12.7. The van der Waals surface area contributed by atoms with Crippen LogP contribution >= 0.6 is 0 Å². The van der Waals surface area contributed by atoms with Crippen LogP contribution in [0.3, 0.4) is 0 Å². The van der Waals surface area contributed by atoms with E-state index in [1.807, 2.05) is 18.2 Å². The summed E-state index contributed by atoms with van der Waals surface area (Å²) in [7, 11) is -1.55. The minimum absolute atomic E-state index is 0.0547. The van der Waals surface area contributed by atoms with Gasteiger partial charge >= 0.3 is 5.97 Å². The molecule has 7 nitrogen and oxygen atoms in total. The lowest BCUT2D eigenvalue weighted by Crippen LogP contribution is -2.38. The average molecular weight is 429 g/mol. The van der Waals surface area contributed by atoms with Crippen LogP contribution in [0.4, 0.5) is 0 Å². The molecule has 0 spiro atoms. The molecule has 0 aliphatic carbocycles. The van der Waals surface area contributed by atoms with Gasteiger partial charge in [0.1, 0.15) is 5.75 Å². The SMILES string of the molecule is COc1cccc(/C=C(\C(=O)OCC(=O)N[C@@H]2CCS(=O)(=O)C2)c2ccccc2)c1. The third kappa shape index (κ3) is 5.93. The van der Waals surface area contributed by atoms with E-state index in [1.165, 1.54) is 0 Å². The minimum Gasteiger partial charge on any atom is -0.497 e. The van der Waals surface area contributed by atoms with Crippen LogP contribution in [-0.2, 0) is 24.2 Å². The molecule has 8 heteroatoms. The van der Waals surface area contributed by atoms with Crippen molar-refractivity contribution in [1.82, 2.24) is 5.32 Å². The number of ether oxygens (including phenoxy) is 2. The number of hydrogen-bond acceptors (Lipinski definition) is 6. The maximum Gasteiger partial charge on any atom is 0.339 e. The van der Waals surface area contributed by atoms with Gasteiger partial charge in [-0.1, -0.05) is 42.5 Å². The van der Waals surface area contributed by atoms with Crippen molar-refractivity contribution < 1.29 is 27.5 Å². The van der Waals surface area contributed by atoms with E-state index in [9.17, 15) is 18.0 Å². The molecule has 1 N–H and O–H groups in total. The molecule has 1 amide bonds. The van der Waals surface area contributed by atoms with Crippen LogP contribution in [0.15, 0.2) is 54.6 Å². The van der Waals surface area contributed by atoms with Crippen molar-refractivity contribution in [2.45, 2.75) is 12.5 Å². The molecule has 2 aromatic carbocycles. The zero-order valence-electron chi connectivity index (χ0n) is 16.5. The molecular formula is C22H23NO6S. The highest BCUT2D eigenvalue weighted by molar-refractivity contribution is 7.91. The lowest BCUT2D eigenvalue weighted by molar-refractivity contribution is -0.143. The summed E-state index contributed by atoms with van der Waals surface area (Å²) in [6.07, 6.45) is 2.04. The van der Waals surface area contributed by atoms with Gasteiger partial charge in [-0.05, 0) is 35.8 Å². The number of rotatable bonds is 7. The number of nitrogens with one attached hydrogen (secondary N) is 1. The molecule has 0 aromatic heterocycles. The van der Waals surface area contributed by atoms with E-state index >= 15 is 0 Å². The van der Waals surface area contributed by atoms with Crippen LogP contribution in [0.5, 0.6) is 5.75 Å². The van der Waals surface area contributed by atoms with Gasteiger partial charge < -0.3 is 14.8 Å². The van der Waals surface area contributed by atoms with Gasteiger partial charge in [-0.2, -0.15) is 0 Å². The van der Waals surface area contributed by atoms with Gasteiger partial charge in [0.25, 0.3) is 5.91 Å². The Labute approximate surface area is 175 Å². The highest BCUT2D eigenvalue weighted by Gasteiger charge is 2.29. The Hall–Kier alpha value is -3.13. The molecule has 0 bridgehead atoms. The van der Waals surface area contributed by atoms with Crippen molar-refractivity contribution in [3.8, 4) is 5.75 Å². The summed E-state index contributed by atoms with van der Waals surface area (Å²) in [5.41, 5.74) is 1.68. The molecule has 0 radical (unpaired) electrons. The minimum atomic E-state index is -3.10. The molecule has 0 saturated carbocycles. The topological polar surface area (TPSA) is 98.8 Å². The normalized spacial score (nSPS) is 17.9. The first-order valence-electron chi connectivity index (χ1n) is 9.44. The first-order valence-corrected chi connectivity index (χ1v) is 11.3. The number of esters is 1. The number of carbonyl (C=O) groups excluding carboxylic acids is 2. The van der Waals surface area contributed by atoms with Crippen LogP contribution in [-0.4, -0.2) is 51.6 Å². The second-order valence-corrected chi connectivity index (χ2v) is 9.17. The van der Waals surface area contributed by atoms with Gasteiger partial charge in [0.2, 0.25) is 0 Å². The molecule has 0 unspecified atom stereocenters.